The first-order valence-corrected chi connectivity index (χ1v) is 11.2. The number of hydrogen-bond donors (Lipinski definition) is 1. The van der Waals surface area contributed by atoms with E-state index < -0.39 is 6.23 Å². The summed E-state index contributed by atoms with van der Waals surface area (Å²) in [4.78, 5) is 35.5. The quantitative estimate of drug-likeness (QED) is 0.641. The zero-order valence-electron chi connectivity index (χ0n) is 18.7. The summed E-state index contributed by atoms with van der Waals surface area (Å²) in [5.41, 5.74) is 1.96. The molecular weight excluding hydrogens is 420 g/mol. The Kier molecular flexibility index (Phi) is 5.68. The van der Waals surface area contributed by atoms with Crippen molar-refractivity contribution in [1.29, 1.82) is 0 Å². The van der Waals surface area contributed by atoms with E-state index >= 15 is 0 Å². The molecule has 1 saturated carbocycles. The standard InChI is InChI=1S/C25H26N4O4/c1-15(30)26-17-9-11-18(12-10-17)33-25-20-6-4-3-5-19(20)24(31)29(25)21-13-7-16-8-14-22(32-2)28-23(16)27-21/h3-8,13-14,17-18,25H,9-12H2,1-2H3,(H,26,30). The maximum atomic E-state index is 13.4. The van der Waals surface area contributed by atoms with Gasteiger partial charge in [0.2, 0.25) is 11.8 Å². The van der Waals surface area contributed by atoms with Crippen molar-refractivity contribution in [2.45, 2.75) is 51.0 Å². The number of benzene rings is 1. The first-order valence-electron chi connectivity index (χ1n) is 11.2. The molecule has 3 heterocycles. The van der Waals surface area contributed by atoms with Crippen molar-refractivity contribution in [2.75, 3.05) is 12.0 Å². The second kappa shape index (κ2) is 8.78. The van der Waals surface area contributed by atoms with Gasteiger partial charge < -0.3 is 14.8 Å². The third-order valence-electron chi connectivity index (χ3n) is 6.28. The number of ether oxygens (including phenoxy) is 2. The van der Waals surface area contributed by atoms with E-state index in [2.05, 4.69) is 15.3 Å². The first kappa shape index (κ1) is 21.3. The van der Waals surface area contributed by atoms with Crippen LogP contribution in [-0.2, 0) is 9.53 Å². The number of hydrogen-bond acceptors (Lipinski definition) is 6. The zero-order valence-corrected chi connectivity index (χ0v) is 18.7. The highest BCUT2D eigenvalue weighted by Gasteiger charge is 2.41. The van der Waals surface area contributed by atoms with Crippen LogP contribution < -0.4 is 15.0 Å². The van der Waals surface area contributed by atoms with Crippen LogP contribution in [0.4, 0.5) is 5.82 Å². The summed E-state index contributed by atoms with van der Waals surface area (Å²) >= 11 is 0. The van der Waals surface area contributed by atoms with Crippen LogP contribution in [0.25, 0.3) is 11.0 Å². The molecule has 1 aromatic carbocycles. The van der Waals surface area contributed by atoms with Gasteiger partial charge in [0.15, 0.2) is 11.9 Å². The van der Waals surface area contributed by atoms with E-state index in [0.717, 1.165) is 36.6 Å². The molecule has 8 heteroatoms. The molecule has 1 unspecified atom stereocenters. The smallest absolute Gasteiger partial charge is 0.262 e. The third kappa shape index (κ3) is 4.14. The van der Waals surface area contributed by atoms with Crippen LogP contribution >= 0.6 is 0 Å². The lowest BCUT2D eigenvalue weighted by Gasteiger charge is -2.33. The fourth-order valence-electron chi connectivity index (χ4n) is 4.67. The van der Waals surface area contributed by atoms with E-state index in [0.29, 0.717) is 22.9 Å². The van der Waals surface area contributed by atoms with E-state index in [1.165, 1.54) is 0 Å². The average molecular weight is 447 g/mol. The van der Waals surface area contributed by atoms with Gasteiger partial charge in [-0.2, -0.15) is 4.98 Å². The maximum absolute atomic E-state index is 13.4. The number of nitrogens with one attached hydrogen (secondary N) is 1. The van der Waals surface area contributed by atoms with Crippen LogP contribution in [0.1, 0.15) is 54.8 Å². The Morgan fingerprint density at radius 2 is 1.79 bits per heavy atom. The second-order valence-electron chi connectivity index (χ2n) is 8.49. The van der Waals surface area contributed by atoms with Gasteiger partial charge in [0.25, 0.3) is 5.91 Å². The zero-order chi connectivity index (χ0) is 22.9. The molecule has 1 aliphatic heterocycles. The van der Waals surface area contributed by atoms with Crippen LogP contribution in [0.5, 0.6) is 5.88 Å². The number of rotatable bonds is 5. The summed E-state index contributed by atoms with van der Waals surface area (Å²) in [6, 6.07) is 15.1. The van der Waals surface area contributed by atoms with Crippen molar-refractivity contribution in [3.8, 4) is 5.88 Å². The molecule has 0 spiro atoms. The summed E-state index contributed by atoms with van der Waals surface area (Å²) < 4.78 is 11.8. The van der Waals surface area contributed by atoms with Gasteiger partial charge in [-0.05, 0) is 49.9 Å². The van der Waals surface area contributed by atoms with Crippen molar-refractivity contribution >= 4 is 28.7 Å². The predicted octanol–water partition coefficient (Wildman–Crippen LogP) is 3.76. The molecule has 2 aliphatic rings. The molecular formula is C25H26N4O4. The van der Waals surface area contributed by atoms with E-state index in [1.54, 1.807) is 25.0 Å². The maximum Gasteiger partial charge on any atom is 0.262 e. The Morgan fingerprint density at radius 1 is 1.03 bits per heavy atom. The molecule has 8 nitrogen and oxygen atoms in total. The van der Waals surface area contributed by atoms with Crippen LogP contribution in [0.2, 0.25) is 0 Å². The fraction of sp³-hybridized carbons (Fsp3) is 0.360. The van der Waals surface area contributed by atoms with E-state index in [1.807, 2.05) is 42.5 Å². The number of carbonyl (C=O) groups excluding carboxylic acids is 2. The van der Waals surface area contributed by atoms with Gasteiger partial charge in [0.1, 0.15) is 5.82 Å². The molecule has 3 aromatic rings. The summed E-state index contributed by atoms with van der Waals surface area (Å²) in [6.45, 7) is 1.54. The fourth-order valence-corrected chi connectivity index (χ4v) is 4.67. The van der Waals surface area contributed by atoms with Gasteiger partial charge in [-0.1, -0.05) is 18.2 Å². The minimum Gasteiger partial charge on any atom is -0.481 e. The highest BCUT2D eigenvalue weighted by molar-refractivity contribution is 6.10. The molecule has 0 saturated heterocycles. The topological polar surface area (TPSA) is 93.7 Å². The molecule has 5 rings (SSSR count). The van der Waals surface area contributed by atoms with Gasteiger partial charge in [0.05, 0.1) is 13.2 Å². The normalized spacial score (nSPS) is 22.3. The highest BCUT2D eigenvalue weighted by Crippen LogP contribution is 2.40. The lowest BCUT2D eigenvalue weighted by atomic mass is 9.93. The molecule has 1 aliphatic carbocycles. The van der Waals surface area contributed by atoms with Crippen LogP contribution in [0.15, 0.2) is 48.5 Å². The number of nitrogens with zero attached hydrogens (tertiary/aromatic N) is 3. The summed E-state index contributed by atoms with van der Waals surface area (Å²) in [5, 5.41) is 3.85. The molecule has 0 radical (unpaired) electrons. The largest absolute Gasteiger partial charge is 0.481 e. The van der Waals surface area contributed by atoms with Crippen LogP contribution in [0.3, 0.4) is 0 Å². The van der Waals surface area contributed by atoms with Crippen molar-refractivity contribution in [2.24, 2.45) is 0 Å². The third-order valence-corrected chi connectivity index (χ3v) is 6.28. The number of aromatic nitrogens is 2. The van der Waals surface area contributed by atoms with Gasteiger partial charge in [-0.3, -0.25) is 14.5 Å². The lowest BCUT2D eigenvalue weighted by Crippen LogP contribution is -2.39. The Morgan fingerprint density at radius 3 is 2.55 bits per heavy atom. The number of pyridine rings is 2. The molecule has 1 N–H and O–H groups in total. The lowest BCUT2D eigenvalue weighted by molar-refractivity contribution is -0.120. The Labute approximate surface area is 191 Å². The minimum absolute atomic E-state index is 0.00604. The molecule has 1 atom stereocenters. The predicted molar refractivity (Wildman–Crippen MR) is 123 cm³/mol. The van der Waals surface area contributed by atoms with Crippen molar-refractivity contribution < 1.29 is 19.1 Å². The molecule has 33 heavy (non-hydrogen) atoms. The average Bonchev–Trinajstić information content (AvgIpc) is 3.10. The molecule has 1 fully saturated rings. The second-order valence-corrected chi connectivity index (χ2v) is 8.49. The van der Waals surface area contributed by atoms with Crippen molar-refractivity contribution in [3.05, 3.63) is 59.7 Å². The molecule has 2 aromatic heterocycles. The summed E-state index contributed by atoms with van der Waals surface area (Å²) in [5.74, 6) is 0.805. The SMILES string of the molecule is COc1ccc2ccc(N3C(=O)c4ccccc4C3OC3CCC(NC(C)=O)CC3)nc2n1. The monoisotopic (exact) mass is 446 g/mol. The van der Waals surface area contributed by atoms with Crippen LogP contribution in [0, 0.1) is 0 Å². The summed E-state index contributed by atoms with van der Waals surface area (Å²) in [7, 11) is 1.56. The highest BCUT2D eigenvalue weighted by atomic mass is 16.5. The van der Waals surface area contributed by atoms with Gasteiger partial charge in [-0.15, -0.1) is 0 Å². The van der Waals surface area contributed by atoms with Gasteiger partial charge >= 0.3 is 0 Å². The van der Waals surface area contributed by atoms with Crippen LogP contribution in [-0.4, -0.2) is 41.0 Å². The minimum atomic E-state index is -0.563. The van der Waals surface area contributed by atoms with E-state index in [9.17, 15) is 9.59 Å². The molecule has 170 valence electrons. The summed E-state index contributed by atoms with van der Waals surface area (Å²) in [6.07, 6.45) is 2.76. The number of carbonyl (C=O) groups is 2. The number of fused-ring (bicyclic) bond motifs is 2. The van der Waals surface area contributed by atoms with Gasteiger partial charge in [0, 0.05) is 35.5 Å². The molecule has 2 amide bonds. The number of methoxy groups -OCH3 is 1. The Bertz CT molecular complexity index is 1210. The van der Waals surface area contributed by atoms with Crippen molar-refractivity contribution in [3.63, 3.8) is 0 Å². The molecule has 0 bridgehead atoms. The van der Waals surface area contributed by atoms with E-state index in [4.69, 9.17) is 9.47 Å². The Balaban J connectivity index is 1.44. The van der Waals surface area contributed by atoms with Crippen molar-refractivity contribution in [1.82, 2.24) is 15.3 Å². The number of amides is 2. The Hall–Kier alpha value is -3.52. The van der Waals surface area contributed by atoms with Gasteiger partial charge in [-0.25, -0.2) is 4.98 Å². The number of anilines is 1. The van der Waals surface area contributed by atoms with E-state index in [-0.39, 0.29) is 24.0 Å². The first-order chi connectivity index (χ1) is 16.0.